The Morgan fingerprint density at radius 2 is 2.20 bits per heavy atom. The number of nitrogens with zero attached hydrogens (tertiary/aromatic N) is 2. The monoisotopic (exact) mass is 277 g/mol. The third-order valence-electron chi connectivity index (χ3n) is 3.22. The molecule has 110 valence electrons. The molecule has 1 fully saturated rings. The number of aryl methyl sites for hydroxylation is 1. The van der Waals surface area contributed by atoms with E-state index in [9.17, 15) is 4.79 Å². The first-order valence-corrected chi connectivity index (χ1v) is 7.02. The molecule has 2 heterocycles. The van der Waals surface area contributed by atoms with Crippen LogP contribution >= 0.6 is 0 Å². The summed E-state index contributed by atoms with van der Waals surface area (Å²) in [6.45, 7) is 8.99. The Kier molecular flexibility index (Phi) is 4.28. The molecule has 20 heavy (non-hydrogen) atoms. The van der Waals surface area contributed by atoms with Crippen molar-refractivity contribution >= 4 is 11.8 Å². The average Bonchev–Trinajstić information content (AvgIpc) is 2.75. The van der Waals surface area contributed by atoms with E-state index in [2.05, 4.69) is 10.3 Å². The summed E-state index contributed by atoms with van der Waals surface area (Å²) < 4.78 is 0. The third-order valence-corrected chi connectivity index (χ3v) is 3.22. The maximum atomic E-state index is 11.8. The highest BCUT2D eigenvalue weighted by Gasteiger charge is 2.30. The maximum Gasteiger partial charge on any atom is 0.330 e. The highest BCUT2D eigenvalue weighted by atomic mass is 16.7. The maximum absolute atomic E-state index is 11.8. The number of hydroxylamine groups is 2. The van der Waals surface area contributed by atoms with Crippen LogP contribution in [0.5, 0.6) is 0 Å². The van der Waals surface area contributed by atoms with E-state index < -0.39 is 5.41 Å². The number of pyridine rings is 1. The first-order chi connectivity index (χ1) is 9.34. The highest BCUT2D eigenvalue weighted by Crippen LogP contribution is 2.20. The molecule has 1 atom stereocenters. The van der Waals surface area contributed by atoms with Gasteiger partial charge in [-0.2, -0.15) is 0 Å². The molecular weight excluding hydrogens is 254 g/mol. The van der Waals surface area contributed by atoms with E-state index in [0.29, 0.717) is 6.54 Å². The molecule has 0 aromatic carbocycles. The first-order valence-electron chi connectivity index (χ1n) is 7.02. The molecule has 1 aliphatic rings. The molecule has 0 bridgehead atoms. The van der Waals surface area contributed by atoms with Crippen LogP contribution in [0.3, 0.4) is 0 Å². The number of carbonyl (C=O) groups is 1. The summed E-state index contributed by atoms with van der Waals surface area (Å²) in [6, 6.07) is 6.17. The van der Waals surface area contributed by atoms with E-state index in [1.165, 1.54) is 0 Å². The number of aromatic nitrogens is 1. The van der Waals surface area contributed by atoms with Gasteiger partial charge in [0.25, 0.3) is 0 Å². The van der Waals surface area contributed by atoms with Gasteiger partial charge >= 0.3 is 5.97 Å². The Balaban J connectivity index is 1.85. The van der Waals surface area contributed by atoms with Gasteiger partial charge in [-0.3, -0.25) is 0 Å². The summed E-state index contributed by atoms with van der Waals surface area (Å²) in [7, 11) is 0. The van der Waals surface area contributed by atoms with Gasteiger partial charge < -0.3 is 10.2 Å². The van der Waals surface area contributed by atoms with Gasteiger partial charge in [0.15, 0.2) is 0 Å². The van der Waals surface area contributed by atoms with Gasteiger partial charge in [-0.25, -0.2) is 9.78 Å². The number of nitrogens with one attached hydrogen (secondary N) is 1. The third kappa shape index (κ3) is 3.93. The molecule has 1 aliphatic heterocycles. The Labute approximate surface area is 120 Å². The first kappa shape index (κ1) is 14.8. The van der Waals surface area contributed by atoms with Crippen LogP contribution in [0.15, 0.2) is 18.2 Å². The van der Waals surface area contributed by atoms with Crippen molar-refractivity contribution < 1.29 is 9.63 Å². The fourth-order valence-electron chi connectivity index (χ4n) is 2.02. The van der Waals surface area contributed by atoms with Gasteiger partial charge in [-0.15, -0.1) is 5.06 Å². The van der Waals surface area contributed by atoms with Crippen LogP contribution in [0.2, 0.25) is 0 Å². The number of hydrogen-bond acceptors (Lipinski definition) is 5. The molecule has 1 unspecified atom stereocenters. The quantitative estimate of drug-likeness (QED) is 0.919. The Hall–Kier alpha value is -1.62. The molecule has 0 aliphatic carbocycles. The number of hydrogen-bond donors (Lipinski definition) is 1. The molecule has 1 saturated heterocycles. The predicted molar refractivity (Wildman–Crippen MR) is 78.1 cm³/mol. The van der Waals surface area contributed by atoms with Crippen LogP contribution in [0.4, 0.5) is 5.82 Å². The summed E-state index contributed by atoms with van der Waals surface area (Å²) in [5, 5.41) is 5.12. The van der Waals surface area contributed by atoms with E-state index in [1.807, 2.05) is 45.9 Å². The second-order valence-electron chi connectivity index (χ2n) is 6.31. The summed E-state index contributed by atoms with van der Waals surface area (Å²) in [5.41, 5.74) is 0.521. The largest absolute Gasteiger partial charge is 0.367 e. The molecule has 5 nitrogen and oxygen atoms in total. The van der Waals surface area contributed by atoms with E-state index in [0.717, 1.165) is 24.5 Å². The molecular formula is C15H23N3O2. The molecule has 0 spiro atoms. The van der Waals surface area contributed by atoms with Gasteiger partial charge in [0.05, 0.1) is 12.0 Å². The zero-order valence-electron chi connectivity index (χ0n) is 12.6. The van der Waals surface area contributed by atoms with Crippen LogP contribution in [-0.4, -0.2) is 35.1 Å². The van der Waals surface area contributed by atoms with Crippen LogP contribution < -0.4 is 5.32 Å². The summed E-state index contributed by atoms with van der Waals surface area (Å²) in [4.78, 5) is 21.7. The topological polar surface area (TPSA) is 54.5 Å². The zero-order valence-corrected chi connectivity index (χ0v) is 12.6. The summed E-state index contributed by atoms with van der Waals surface area (Å²) in [6.07, 6.45) is 0.938. The Morgan fingerprint density at radius 1 is 1.45 bits per heavy atom. The number of rotatable bonds is 3. The lowest BCUT2D eigenvalue weighted by Crippen LogP contribution is -2.33. The van der Waals surface area contributed by atoms with Crippen molar-refractivity contribution in [2.24, 2.45) is 5.41 Å². The van der Waals surface area contributed by atoms with Crippen LogP contribution in [-0.2, 0) is 9.63 Å². The van der Waals surface area contributed by atoms with Gasteiger partial charge in [-0.1, -0.05) is 6.07 Å². The average molecular weight is 277 g/mol. The van der Waals surface area contributed by atoms with Gasteiger partial charge in [-0.05, 0) is 46.2 Å². The van der Waals surface area contributed by atoms with Gasteiger partial charge in [0, 0.05) is 18.3 Å². The second kappa shape index (κ2) is 5.79. The number of carbonyl (C=O) groups excluding carboxylic acids is 1. The van der Waals surface area contributed by atoms with Crippen molar-refractivity contribution in [3.63, 3.8) is 0 Å². The van der Waals surface area contributed by atoms with Crippen molar-refractivity contribution in [1.29, 1.82) is 0 Å². The minimum absolute atomic E-state index is 0.188. The standard InChI is InChI=1S/C15H23N3O2/c1-11-6-5-7-13(16-11)17-12-8-9-18(10-12)20-14(19)15(2,3)4/h5-7,12H,8-10H2,1-4H3,(H,16,17). The van der Waals surface area contributed by atoms with Crippen LogP contribution in [0.1, 0.15) is 32.9 Å². The van der Waals surface area contributed by atoms with Crippen LogP contribution in [0.25, 0.3) is 0 Å². The fraction of sp³-hybridized carbons (Fsp3) is 0.600. The lowest BCUT2D eigenvalue weighted by atomic mass is 9.98. The van der Waals surface area contributed by atoms with Crippen LogP contribution in [0, 0.1) is 12.3 Å². The molecule has 1 aromatic rings. The Bertz CT molecular complexity index is 482. The van der Waals surface area contributed by atoms with Gasteiger partial charge in [0.1, 0.15) is 5.82 Å². The van der Waals surface area contributed by atoms with Crippen molar-refractivity contribution in [3.8, 4) is 0 Å². The molecule has 2 rings (SSSR count). The molecule has 0 amide bonds. The van der Waals surface area contributed by atoms with Crippen molar-refractivity contribution in [1.82, 2.24) is 10.0 Å². The highest BCUT2D eigenvalue weighted by molar-refractivity contribution is 5.75. The van der Waals surface area contributed by atoms with E-state index in [-0.39, 0.29) is 12.0 Å². The van der Waals surface area contributed by atoms with Crippen molar-refractivity contribution in [3.05, 3.63) is 23.9 Å². The SMILES string of the molecule is Cc1cccc(NC2CCN(OC(=O)C(C)(C)C)C2)n1. The molecule has 0 saturated carbocycles. The smallest absolute Gasteiger partial charge is 0.330 e. The molecule has 5 heteroatoms. The predicted octanol–water partition coefficient (Wildman–Crippen LogP) is 2.38. The van der Waals surface area contributed by atoms with E-state index in [1.54, 1.807) is 5.06 Å². The van der Waals surface area contributed by atoms with Crippen molar-refractivity contribution in [2.75, 3.05) is 18.4 Å². The lowest BCUT2D eigenvalue weighted by Gasteiger charge is -2.22. The van der Waals surface area contributed by atoms with Gasteiger partial charge in [0.2, 0.25) is 0 Å². The molecule has 1 N–H and O–H groups in total. The van der Waals surface area contributed by atoms with E-state index >= 15 is 0 Å². The molecule has 0 radical (unpaired) electrons. The second-order valence-corrected chi connectivity index (χ2v) is 6.31. The zero-order chi connectivity index (χ0) is 14.8. The lowest BCUT2D eigenvalue weighted by molar-refractivity contribution is -0.195. The fourth-order valence-corrected chi connectivity index (χ4v) is 2.02. The summed E-state index contributed by atoms with van der Waals surface area (Å²) in [5.74, 6) is 0.686. The number of anilines is 1. The minimum atomic E-state index is -0.469. The molecule has 1 aromatic heterocycles. The Morgan fingerprint density at radius 3 is 2.85 bits per heavy atom. The van der Waals surface area contributed by atoms with E-state index in [4.69, 9.17) is 4.84 Å². The minimum Gasteiger partial charge on any atom is -0.367 e. The van der Waals surface area contributed by atoms with Crippen molar-refractivity contribution in [2.45, 2.75) is 40.2 Å². The summed E-state index contributed by atoms with van der Waals surface area (Å²) >= 11 is 0. The normalized spacial score (nSPS) is 19.9.